The van der Waals surface area contributed by atoms with Crippen molar-refractivity contribution in [2.24, 2.45) is 0 Å². The van der Waals surface area contributed by atoms with Crippen LogP contribution in [-0.2, 0) is 6.54 Å². The summed E-state index contributed by atoms with van der Waals surface area (Å²) in [6.45, 7) is 6.92. The molecule has 1 aromatic carbocycles. The molecule has 0 saturated carbocycles. The van der Waals surface area contributed by atoms with Crippen molar-refractivity contribution in [3.05, 3.63) is 35.3 Å². The smallest absolute Gasteiger partial charge is 0.211 e. The van der Waals surface area contributed by atoms with Gasteiger partial charge in [-0.05, 0) is 17.0 Å². The highest BCUT2D eigenvalue weighted by atomic mass is 79.9. The quantitative estimate of drug-likeness (QED) is 0.631. The fraction of sp³-hybridized carbons (Fsp3) is 0.267. The van der Waals surface area contributed by atoms with E-state index in [1.807, 2.05) is 12.1 Å². The highest BCUT2D eigenvalue weighted by molar-refractivity contribution is 9.11. The predicted molar refractivity (Wildman–Crippen MR) is 91.9 cm³/mol. The number of para-hydroxylation sites is 1. The number of aryl methyl sites for hydroxylation is 1. The number of benzene rings is 1. The normalized spacial score (nSPS) is 11.3. The summed E-state index contributed by atoms with van der Waals surface area (Å²) < 4.78 is 3.15. The van der Waals surface area contributed by atoms with Crippen LogP contribution in [0.2, 0.25) is 0 Å². The number of nitrogens with zero attached hydrogens (tertiary/aromatic N) is 4. The third kappa shape index (κ3) is 2.82. The van der Waals surface area contributed by atoms with Gasteiger partial charge in [0.05, 0.1) is 5.52 Å². The molecule has 0 bridgehead atoms. The van der Waals surface area contributed by atoms with Crippen LogP contribution in [0.1, 0.15) is 13.3 Å². The van der Waals surface area contributed by atoms with E-state index in [2.05, 4.69) is 56.3 Å². The Hall–Kier alpha value is -1.40. The monoisotopic (exact) mass is 362 g/mol. The summed E-state index contributed by atoms with van der Waals surface area (Å²) in [6.07, 6.45) is 1.05. The van der Waals surface area contributed by atoms with Gasteiger partial charge in [-0.2, -0.15) is 0 Å². The molecule has 0 spiro atoms. The van der Waals surface area contributed by atoms with E-state index >= 15 is 0 Å². The maximum Gasteiger partial charge on any atom is 0.211 e. The second kappa shape index (κ2) is 6.15. The van der Waals surface area contributed by atoms with Crippen LogP contribution in [0, 0.1) is 0 Å². The maximum atomic E-state index is 4.69. The van der Waals surface area contributed by atoms with Crippen LogP contribution < -0.4 is 0 Å². The molecule has 0 amide bonds. The number of hydrogen-bond donors (Lipinski definition) is 0. The first-order chi connectivity index (χ1) is 10.2. The van der Waals surface area contributed by atoms with Gasteiger partial charge in [-0.15, -0.1) is 10.2 Å². The molecule has 21 heavy (non-hydrogen) atoms. The van der Waals surface area contributed by atoms with Crippen molar-refractivity contribution in [3.63, 3.8) is 0 Å². The van der Waals surface area contributed by atoms with Crippen LogP contribution in [0.3, 0.4) is 0 Å². The van der Waals surface area contributed by atoms with E-state index in [4.69, 9.17) is 4.98 Å². The highest BCUT2D eigenvalue weighted by Crippen LogP contribution is 2.27. The summed E-state index contributed by atoms with van der Waals surface area (Å²) in [5.74, 6) is 0.737. The minimum atomic E-state index is 0.684. The number of fused-ring (bicyclic) bond motifs is 3. The molecule has 108 valence electrons. The molecule has 2 aromatic heterocycles. The number of hydrogen-bond acceptors (Lipinski definition) is 4. The Bertz CT molecular complexity index is 812. The molecule has 3 aromatic rings. The van der Waals surface area contributed by atoms with E-state index in [9.17, 15) is 0 Å². The van der Waals surface area contributed by atoms with E-state index in [-0.39, 0.29) is 0 Å². The molecule has 0 radical (unpaired) electrons. The molecule has 0 N–H and O–H groups in total. The van der Waals surface area contributed by atoms with Gasteiger partial charge < -0.3 is 4.57 Å². The first-order valence-corrected chi connectivity index (χ1v) is 8.56. The van der Waals surface area contributed by atoms with E-state index in [1.54, 1.807) is 0 Å². The SMILES string of the molecule is C=C(Br)CSc1nnc2c3ccccc3n(CCC)c2n1. The minimum Gasteiger partial charge on any atom is -0.324 e. The molecule has 0 aliphatic rings. The lowest BCUT2D eigenvalue weighted by molar-refractivity contribution is 0.709. The fourth-order valence-corrected chi connectivity index (χ4v) is 3.22. The Morgan fingerprint density at radius 3 is 2.90 bits per heavy atom. The summed E-state index contributed by atoms with van der Waals surface area (Å²) in [6, 6.07) is 8.26. The van der Waals surface area contributed by atoms with Crippen molar-refractivity contribution in [1.82, 2.24) is 19.7 Å². The van der Waals surface area contributed by atoms with E-state index in [0.29, 0.717) is 5.16 Å². The van der Waals surface area contributed by atoms with Crippen LogP contribution >= 0.6 is 27.7 Å². The topological polar surface area (TPSA) is 43.6 Å². The van der Waals surface area contributed by atoms with Gasteiger partial charge in [0.2, 0.25) is 5.16 Å². The zero-order valence-corrected chi connectivity index (χ0v) is 14.1. The van der Waals surface area contributed by atoms with Crippen molar-refractivity contribution in [3.8, 4) is 0 Å². The Labute approximate surface area is 135 Å². The second-order valence-electron chi connectivity index (χ2n) is 4.74. The van der Waals surface area contributed by atoms with E-state index < -0.39 is 0 Å². The van der Waals surface area contributed by atoms with Gasteiger partial charge in [-0.3, -0.25) is 0 Å². The fourth-order valence-electron chi connectivity index (χ4n) is 2.34. The average Bonchev–Trinajstić information content (AvgIpc) is 2.80. The van der Waals surface area contributed by atoms with Gasteiger partial charge in [0, 0.05) is 17.7 Å². The molecule has 0 saturated heterocycles. The highest BCUT2D eigenvalue weighted by Gasteiger charge is 2.14. The van der Waals surface area contributed by atoms with Crippen molar-refractivity contribution in [2.45, 2.75) is 25.0 Å². The van der Waals surface area contributed by atoms with Crippen LogP contribution in [0.5, 0.6) is 0 Å². The predicted octanol–water partition coefficient (Wildman–Crippen LogP) is 4.39. The van der Waals surface area contributed by atoms with E-state index in [0.717, 1.165) is 39.8 Å². The molecule has 0 fully saturated rings. The largest absolute Gasteiger partial charge is 0.324 e. The van der Waals surface area contributed by atoms with Gasteiger partial charge in [0.15, 0.2) is 5.65 Å². The molecular formula is C15H15BrN4S. The standard InChI is InChI=1S/C15H15BrN4S/c1-3-8-20-12-7-5-4-6-11(12)13-14(20)17-15(19-18-13)21-9-10(2)16/h4-7H,2-3,8-9H2,1H3. The van der Waals surface area contributed by atoms with Crippen molar-refractivity contribution >= 4 is 49.8 Å². The number of aromatic nitrogens is 4. The van der Waals surface area contributed by atoms with Crippen molar-refractivity contribution < 1.29 is 0 Å². The first-order valence-electron chi connectivity index (χ1n) is 6.78. The lowest BCUT2D eigenvalue weighted by Crippen LogP contribution is -2.00. The molecular weight excluding hydrogens is 348 g/mol. The Kier molecular flexibility index (Phi) is 4.26. The molecule has 0 aliphatic heterocycles. The van der Waals surface area contributed by atoms with Crippen LogP contribution in [0.25, 0.3) is 22.1 Å². The zero-order valence-electron chi connectivity index (χ0n) is 11.7. The Morgan fingerprint density at radius 1 is 1.33 bits per heavy atom. The average molecular weight is 363 g/mol. The number of halogens is 1. The molecule has 6 heteroatoms. The molecule has 0 unspecified atom stereocenters. The lowest BCUT2D eigenvalue weighted by atomic mass is 10.2. The molecule has 4 nitrogen and oxygen atoms in total. The molecule has 0 atom stereocenters. The van der Waals surface area contributed by atoms with Gasteiger partial charge in [0.1, 0.15) is 5.52 Å². The van der Waals surface area contributed by atoms with Crippen LogP contribution in [-0.4, -0.2) is 25.5 Å². The van der Waals surface area contributed by atoms with Crippen LogP contribution in [0.15, 0.2) is 40.5 Å². The third-order valence-electron chi connectivity index (χ3n) is 3.16. The van der Waals surface area contributed by atoms with Crippen molar-refractivity contribution in [1.29, 1.82) is 0 Å². The lowest BCUT2D eigenvalue weighted by Gasteiger charge is -2.04. The minimum absolute atomic E-state index is 0.684. The zero-order chi connectivity index (χ0) is 14.8. The maximum absolute atomic E-state index is 4.69. The molecule has 3 rings (SSSR count). The molecule has 2 heterocycles. The number of rotatable bonds is 5. The Balaban J connectivity index is 2.16. The molecule has 0 aliphatic carbocycles. The third-order valence-corrected chi connectivity index (χ3v) is 4.74. The van der Waals surface area contributed by atoms with Gasteiger partial charge in [0.25, 0.3) is 0 Å². The first kappa shape index (κ1) is 14.5. The van der Waals surface area contributed by atoms with Gasteiger partial charge in [-0.1, -0.05) is 59.4 Å². The summed E-state index contributed by atoms with van der Waals surface area (Å²) in [5.41, 5.74) is 2.96. The number of thioether (sulfide) groups is 1. The summed E-state index contributed by atoms with van der Waals surface area (Å²) >= 11 is 4.89. The second-order valence-corrected chi connectivity index (χ2v) is 6.81. The van der Waals surface area contributed by atoms with Gasteiger partial charge in [-0.25, -0.2) is 4.98 Å². The van der Waals surface area contributed by atoms with E-state index in [1.165, 1.54) is 17.3 Å². The summed E-state index contributed by atoms with van der Waals surface area (Å²) in [4.78, 5) is 4.69. The van der Waals surface area contributed by atoms with Crippen LogP contribution in [0.4, 0.5) is 0 Å². The van der Waals surface area contributed by atoms with Crippen molar-refractivity contribution in [2.75, 3.05) is 5.75 Å². The Morgan fingerprint density at radius 2 is 2.14 bits per heavy atom. The van der Waals surface area contributed by atoms with Gasteiger partial charge >= 0.3 is 0 Å². The summed E-state index contributed by atoms with van der Waals surface area (Å²) in [5, 5.41) is 10.4. The summed E-state index contributed by atoms with van der Waals surface area (Å²) in [7, 11) is 0.